The standard InChI is InChI=1S/C18H21N7S/c1-11(2)25-8-7-13(24-25)15-10-19-14-5-6-16(22-17(14)21-15)23-18(26)20-9-12-3-4-12/h5-8,10-12H,3-4,9H2,1-2H3,(H2,20,21,22,23,26). The lowest BCUT2D eigenvalue weighted by molar-refractivity contribution is 0.534. The summed E-state index contributed by atoms with van der Waals surface area (Å²) in [4.78, 5) is 13.6. The van der Waals surface area contributed by atoms with Crippen LogP contribution >= 0.6 is 12.2 Å². The number of anilines is 1. The molecule has 1 aliphatic rings. The van der Waals surface area contributed by atoms with Gasteiger partial charge in [-0.25, -0.2) is 9.97 Å². The first-order valence-electron chi connectivity index (χ1n) is 8.82. The lowest BCUT2D eigenvalue weighted by Gasteiger charge is -2.09. The fourth-order valence-electron chi connectivity index (χ4n) is 2.57. The van der Waals surface area contributed by atoms with Crippen LogP contribution < -0.4 is 10.6 Å². The second-order valence-corrected chi connectivity index (χ2v) is 7.26. The summed E-state index contributed by atoms with van der Waals surface area (Å²) in [6.45, 7) is 5.09. The molecule has 3 aromatic heterocycles. The predicted octanol–water partition coefficient (Wildman–Crippen LogP) is 3.17. The van der Waals surface area contributed by atoms with Crippen LogP contribution in [0.4, 0.5) is 5.82 Å². The zero-order chi connectivity index (χ0) is 18.1. The van der Waals surface area contributed by atoms with E-state index in [4.69, 9.17) is 12.2 Å². The third-order valence-corrected chi connectivity index (χ3v) is 4.54. The number of nitrogens with zero attached hydrogens (tertiary/aromatic N) is 5. The lowest BCUT2D eigenvalue weighted by atomic mass is 10.3. The van der Waals surface area contributed by atoms with E-state index in [1.165, 1.54) is 12.8 Å². The van der Waals surface area contributed by atoms with Gasteiger partial charge in [-0.1, -0.05) is 0 Å². The van der Waals surface area contributed by atoms with E-state index in [0.717, 1.165) is 23.7 Å². The summed E-state index contributed by atoms with van der Waals surface area (Å²) in [5.74, 6) is 1.42. The maximum atomic E-state index is 5.32. The van der Waals surface area contributed by atoms with Crippen molar-refractivity contribution in [2.75, 3.05) is 11.9 Å². The molecule has 0 aliphatic heterocycles. The highest BCUT2D eigenvalue weighted by molar-refractivity contribution is 7.80. The molecule has 0 saturated heterocycles. The Bertz CT molecular complexity index is 946. The van der Waals surface area contributed by atoms with Crippen LogP contribution in [0.15, 0.2) is 30.6 Å². The number of rotatable bonds is 5. The number of hydrogen-bond acceptors (Lipinski definition) is 5. The van der Waals surface area contributed by atoms with E-state index in [9.17, 15) is 0 Å². The van der Waals surface area contributed by atoms with Crippen LogP contribution in [0, 0.1) is 5.92 Å². The number of thiocarbonyl (C=S) groups is 1. The second-order valence-electron chi connectivity index (χ2n) is 6.85. The van der Waals surface area contributed by atoms with E-state index in [1.807, 2.05) is 29.1 Å². The zero-order valence-corrected chi connectivity index (χ0v) is 15.6. The van der Waals surface area contributed by atoms with E-state index in [-0.39, 0.29) is 0 Å². The maximum Gasteiger partial charge on any atom is 0.180 e. The Balaban J connectivity index is 1.54. The Kier molecular flexibility index (Phi) is 4.50. The molecule has 1 aliphatic carbocycles. The summed E-state index contributed by atoms with van der Waals surface area (Å²) in [5, 5.41) is 11.5. The molecule has 7 nitrogen and oxygen atoms in total. The van der Waals surface area contributed by atoms with Gasteiger partial charge in [0.2, 0.25) is 0 Å². The molecule has 0 atom stereocenters. The normalized spacial score (nSPS) is 14.0. The summed E-state index contributed by atoms with van der Waals surface area (Å²) < 4.78 is 1.90. The SMILES string of the molecule is CC(C)n1ccc(-c2cnc3ccc(NC(=S)NCC4CC4)nc3n2)n1. The molecule has 0 radical (unpaired) electrons. The molecule has 0 bridgehead atoms. The van der Waals surface area contributed by atoms with Crippen LogP contribution in [0.1, 0.15) is 32.7 Å². The van der Waals surface area contributed by atoms with E-state index >= 15 is 0 Å². The van der Waals surface area contributed by atoms with Gasteiger partial charge >= 0.3 is 0 Å². The third kappa shape index (κ3) is 3.80. The molecule has 1 saturated carbocycles. The molecular formula is C18H21N7S. The Morgan fingerprint density at radius 3 is 2.81 bits per heavy atom. The zero-order valence-electron chi connectivity index (χ0n) is 14.8. The summed E-state index contributed by atoms with van der Waals surface area (Å²) >= 11 is 5.32. The lowest BCUT2D eigenvalue weighted by Crippen LogP contribution is -2.30. The number of aromatic nitrogens is 5. The Morgan fingerprint density at radius 1 is 1.23 bits per heavy atom. The van der Waals surface area contributed by atoms with Gasteiger partial charge in [0.05, 0.1) is 6.20 Å². The molecule has 2 N–H and O–H groups in total. The molecule has 0 spiro atoms. The van der Waals surface area contributed by atoms with Crippen molar-refractivity contribution >= 4 is 34.3 Å². The summed E-state index contributed by atoms with van der Waals surface area (Å²) in [7, 11) is 0. The molecule has 26 heavy (non-hydrogen) atoms. The summed E-state index contributed by atoms with van der Waals surface area (Å²) in [6.07, 6.45) is 6.25. The number of nitrogens with one attached hydrogen (secondary N) is 2. The first kappa shape index (κ1) is 16.8. The number of hydrogen-bond donors (Lipinski definition) is 2. The average molecular weight is 367 g/mol. The van der Waals surface area contributed by atoms with Crippen LogP contribution in [0.25, 0.3) is 22.6 Å². The van der Waals surface area contributed by atoms with Gasteiger partial charge in [-0.3, -0.25) is 9.67 Å². The predicted molar refractivity (Wildman–Crippen MR) is 106 cm³/mol. The van der Waals surface area contributed by atoms with Crippen molar-refractivity contribution in [2.24, 2.45) is 5.92 Å². The van der Waals surface area contributed by atoms with Crippen molar-refractivity contribution in [3.05, 3.63) is 30.6 Å². The van der Waals surface area contributed by atoms with Gasteiger partial charge in [0, 0.05) is 18.8 Å². The Labute approximate surface area is 157 Å². The van der Waals surface area contributed by atoms with Gasteiger partial charge in [-0.2, -0.15) is 5.10 Å². The Hall–Kier alpha value is -2.61. The smallest absolute Gasteiger partial charge is 0.180 e. The van der Waals surface area contributed by atoms with Crippen LogP contribution in [0.2, 0.25) is 0 Å². The van der Waals surface area contributed by atoms with Gasteiger partial charge < -0.3 is 10.6 Å². The van der Waals surface area contributed by atoms with Crippen LogP contribution in [-0.2, 0) is 0 Å². The largest absolute Gasteiger partial charge is 0.362 e. The molecule has 8 heteroatoms. The van der Waals surface area contributed by atoms with Gasteiger partial charge in [0.1, 0.15) is 22.7 Å². The molecule has 3 heterocycles. The first-order valence-corrected chi connectivity index (χ1v) is 9.23. The molecule has 3 aromatic rings. The minimum Gasteiger partial charge on any atom is -0.362 e. The van der Waals surface area contributed by atoms with Crippen molar-refractivity contribution < 1.29 is 0 Å². The fraction of sp³-hybridized carbons (Fsp3) is 0.389. The van der Waals surface area contributed by atoms with Crippen LogP contribution in [-0.4, -0.2) is 36.4 Å². The molecule has 134 valence electrons. The molecule has 0 amide bonds. The number of fused-ring (bicyclic) bond motifs is 1. The topological polar surface area (TPSA) is 80.5 Å². The summed E-state index contributed by atoms with van der Waals surface area (Å²) in [6, 6.07) is 5.98. The Morgan fingerprint density at radius 2 is 2.08 bits per heavy atom. The summed E-state index contributed by atoms with van der Waals surface area (Å²) in [5.41, 5.74) is 2.79. The highest BCUT2D eigenvalue weighted by atomic mass is 32.1. The highest BCUT2D eigenvalue weighted by Crippen LogP contribution is 2.27. The van der Waals surface area contributed by atoms with E-state index in [1.54, 1.807) is 6.20 Å². The van der Waals surface area contributed by atoms with E-state index < -0.39 is 0 Å². The third-order valence-electron chi connectivity index (χ3n) is 4.30. The van der Waals surface area contributed by atoms with Crippen LogP contribution in [0.3, 0.4) is 0 Å². The second kappa shape index (κ2) is 6.95. The first-order chi connectivity index (χ1) is 12.6. The average Bonchev–Trinajstić information content (AvgIpc) is 3.32. The maximum absolute atomic E-state index is 5.32. The molecule has 0 aromatic carbocycles. The molecule has 4 rings (SSSR count). The van der Waals surface area contributed by atoms with Crippen molar-refractivity contribution in [3.63, 3.8) is 0 Å². The van der Waals surface area contributed by atoms with Gasteiger partial charge in [0.15, 0.2) is 10.8 Å². The minimum absolute atomic E-state index is 0.301. The molecular weight excluding hydrogens is 346 g/mol. The van der Waals surface area contributed by atoms with Crippen molar-refractivity contribution in [3.8, 4) is 11.4 Å². The monoisotopic (exact) mass is 367 g/mol. The number of pyridine rings is 1. The van der Waals surface area contributed by atoms with E-state index in [2.05, 4.69) is 44.5 Å². The van der Waals surface area contributed by atoms with Gasteiger partial charge in [-0.15, -0.1) is 0 Å². The highest BCUT2D eigenvalue weighted by Gasteiger charge is 2.21. The van der Waals surface area contributed by atoms with E-state index in [0.29, 0.717) is 28.3 Å². The minimum atomic E-state index is 0.301. The molecule has 1 fully saturated rings. The van der Waals surface area contributed by atoms with Gasteiger partial charge in [-0.05, 0) is 63.0 Å². The van der Waals surface area contributed by atoms with Gasteiger partial charge in [0.25, 0.3) is 0 Å². The van der Waals surface area contributed by atoms with Crippen molar-refractivity contribution in [1.82, 2.24) is 30.0 Å². The fourth-order valence-corrected chi connectivity index (χ4v) is 2.76. The van der Waals surface area contributed by atoms with Crippen LogP contribution in [0.5, 0.6) is 0 Å². The quantitative estimate of drug-likeness (QED) is 0.670. The van der Waals surface area contributed by atoms with Crippen molar-refractivity contribution in [1.29, 1.82) is 0 Å². The van der Waals surface area contributed by atoms with Crippen molar-refractivity contribution in [2.45, 2.75) is 32.7 Å². The molecule has 0 unspecified atom stereocenters.